The summed E-state index contributed by atoms with van der Waals surface area (Å²) in [5.41, 5.74) is 5.77. The lowest BCUT2D eigenvalue weighted by Crippen LogP contribution is -2.44. The van der Waals surface area contributed by atoms with Gasteiger partial charge in [-0.05, 0) is 37.2 Å². The Labute approximate surface area is 139 Å². The molecule has 0 aromatic heterocycles. The van der Waals surface area contributed by atoms with Gasteiger partial charge in [0.15, 0.2) is 0 Å². The fourth-order valence-electron chi connectivity index (χ4n) is 2.52. The van der Waals surface area contributed by atoms with Crippen LogP contribution in [0.15, 0.2) is 0 Å². The van der Waals surface area contributed by atoms with Gasteiger partial charge >= 0.3 is 5.97 Å². The summed E-state index contributed by atoms with van der Waals surface area (Å²) in [5, 5.41) is 12.0. The Bertz CT molecular complexity index is 332. The fourth-order valence-corrected chi connectivity index (χ4v) is 3.01. The van der Waals surface area contributed by atoms with Gasteiger partial charge < -0.3 is 16.2 Å². The average Bonchev–Trinajstić information content (AvgIpc) is 2.51. The van der Waals surface area contributed by atoms with Crippen molar-refractivity contribution in [2.45, 2.75) is 51.4 Å². The zero-order chi connectivity index (χ0) is 17.0. The number of hydrogen-bond acceptors (Lipinski definition) is 4. The number of thioether (sulfide) groups is 1. The molecule has 0 aromatic carbocycles. The topological polar surface area (TPSA) is 92.4 Å². The largest absolute Gasteiger partial charge is 0.481 e. The first-order valence-corrected chi connectivity index (χ1v) is 9.32. The molecule has 7 heteroatoms. The zero-order valence-corrected chi connectivity index (χ0v) is 14.5. The Morgan fingerprint density at radius 2 is 2.00 bits per heavy atom. The third-order valence-corrected chi connectivity index (χ3v) is 4.38. The van der Waals surface area contributed by atoms with Crippen molar-refractivity contribution in [2.75, 3.05) is 18.6 Å². The molecule has 0 aliphatic heterocycles. The molecule has 4 N–H and O–H groups in total. The van der Waals surface area contributed by atoms with Crippen LogP contribution in [0.25, 0.3) is 0 Å². The average molecular weight is 328 g/mol. The smallest absolute Gasteiger partial charge is 0.306 e. The lowest BCUT2D eigenvalue weighted by molar-refractivity contribution is -0.145. The highest BCUT2D eigenvalue weighted by molar-refractivity contribution is 7.98. The SMILES string of the molecule is CSCCC(N)C(=O)NCC1CCCCC1C(=O)O.[B]CC. The minimum Gasteiger partial charge on any atom is -0.481 e. The standard InChI is InChI=1S/C13H24N2O3S.C2H5B/c1-19-7-6-11(14)12(16)15-8-9-4-2-3-5-10(9)13(17)18;1-2-3/h9-11H,2-8,14H2,1H3,(H,15,16)(H,17,18);2H2,1H3. The monoisotopic (exact) mass is 328 g/mol. The van der Waals surface area contributed by atoms with Crippen LogP contribution in [0, 0.1) is 11.8 Å². The van der Waals surface area contributed by atoms with Gasteiger partial charge in [0, 0.05) is 6.54 Å². The predicted molar refractivity (Wildman–Crippen MR) is 93.3 cm³/mol. The summed E-state index contributed by atoms with van der Waals surface area (Å²) in [5.74, 6) is -0.329. The molecule has 1 rings (SSSR count). The zero-order valence-electron chi connectivity index (χ0n) is 13.7. The van der Waals surface area contributed by atoms with E-state index in [1.54, 1.807) is 11.8 Å². The Balaban J connectivity index is 0.00000135. The van der Waals surface area contributed by atoms with E-state index in [1.165, 1.54) is 0 Å². The van der Waals surface area contributed by atoms with Crippen molar-refractivity contribution in [3.63, 3.8) is 0 Å². The summed E-state index contributed by atoms with van der Waals surface area (Å²) in [6.45, 7) is 2.34. The molecule has 3 unspecified atom stereocenters. The number of nitrogens with two attached hydrogens (primary N) is 1. The first kappa shape index (κ1) is 21.3. The number of nitrogens with one attached hydrogen (secondary N) is 1. The number of carboxylic acids is 1. The van der Waals surface area contributed by atoms with Gasteiger partial charge in [-0.2, -0.15) is 11.8 Å². The number of carboxylic acid groups (broad SMARTS) is 1. The second kappa shape index (κ2) is 12.8. The molecule has 126 valence electrons. The van der Waals surface area contributed by atoms with Gasteiger partial charge in [0.05, 0.1) is 19.8 Å². The predicted octanol–water partition coefficient (Wildman–Crippen LogP) is 1.67. The summed E-state index contributed by atoms with van der Waals surface area (Å²) in [6, 6.07) is -0.487. The molecular weight excluding hydrogens is 299 g/mol. The molecular formula is C15H29BN2O3S. The summed E-state index contributed by atoms with van der Waals surface area (Å²) >= 11 is 1.66. The molecule has 1 fully saturated rings. The molecule has 1 saturated carbocycles. The maximum Gasteiger partial charge on any atom is 0.306 e. The number of rotatable bonds is 7. The molecule has 3 atom stereocenters. The molecule has 22 heavy (non-hydrogen) atoms. The number of carbonyl (C=O) groups excluding carboxylic acids is 1. The van der Waals surface area contributed by atoms with Crippen LogP contribution in [-0.4, -0.2) is 49.4 Å². The van der Waals surface area contributed by atoms with Gasteiger partial charge in [-0.15, -0.1) is 0 Å². The third kappa shape index (κ3) is 8.68. The van der Waals surface area contributed by atoms with Crippen molar-refractivity contribution in [3.8, 4) is 0 Å². The van der Waals surface area contributed by atoms with Crippen LogP contribution in [0.3, 0.4) is 0 Å². The molecule has 0 bridgehead atoms. The van der Waals surface area contributed by atoms with Crippen LogP contribution in [0.5, 0.6) is 0 Å². The molecule has 2 radical (unpaired) electrons. The van der Waals surface area contributed by atoms with Gasteiger partial charge in [-0.1, -0.05) is 26.1 Å². The maximum absolute atomic E-state index is 11.8. The van der Waals surface area contributed by atoms with E-state index >= 15 is 0 Å². The van der Waals surface area contributed by atoms with Crippen molar-refractivity contribution < 1.29 is 14.7 Å². The minimum absolute atomic E-state index is 0.0444. The summed E-state index contributed by atoms with van der Waals surface area (Å²) in [6.07, 6.45) is 6.98. The van der Waals surface area contributed by atoms with E-state index in [-0.39, 0.29) is 17.7 Å². The molecule has 0 spiro atoms. The molecule has 1 amide bonds. The van der Waals surface area contributed by atoms with Crippen molar-refractivity contribution in [1.29, 1.82) is 0 Å². The molecule has 5 nitrogen and oxygen atoms in total. The van der Waals surface area contributed by atoms with Crippen LogP contribution in [0.1, 0.15) is 39.0 Å². The van der Waals surface area contributed by atoms with E-state index in [9.17, 15) is 9.59 Å². The maximum atomic E-state index is 11.8. The Morgan fingerprint density at radius 1 is 1.41 bits per heavy atom. The Hall–Kier alpha value is -0.685. The number of amides is 1. The lowest BCUT2D eigenvalue weighted by atomic mass is 9.79. The van der Waals surface area contributed by atoms with E-state index in [1.807, 2.05) is 13.2 Å². The summed E-state index contributed by atoms with van der Waals surface area (Å²) in [7, 11) is 4.85. The minimum atomic E-state index is -0.745. The van der Waals surface area contributed by atoms with Crippen LogP contribution in [-0.2, 0) is 9.59 Å². The lowest BCUT2D eigenvalue weighted by Gasteiger charge is -2.28. The summed E-state index contributed by atoms with van der Waals surface area (Å²) in [4.78, 5) is 22.9. The molecule has 0 saturated heterocycles. The van der Waals surface area contributed by atoms with E-state index in [2.05, 4.69) is 5.32 Å². The van der Waals surface area contributed by atoms with Gasteiger partial charge in [-0.3, -0.25) is 9.59 Å². The second-order valence-electron chi connectivity index (χ2n) is 5.53. The number of carbonyl (C=O) groups is 2. The highest BCUT2D eigenvalue weighted by Crippen LogP contribution is 2.29. The van der Waals surface area contributed by atoms with Crippen molar-refractivity contribution in [2.24, 2.45) is 17.6 Å². The van der Waals surface area contributed by atoms with Crippen LogP contribution in [0.2, 0.25) is 6.32 Å². The molecule has 1 aliphatic carbocycles. The first-order valence-electron chi connectivity index (χ1n) is 7.92. The number of aliphatic carboxylic acids is 1. The van der Waals surface area contributed by atoms with E-state index in [0.717, 1.165) is 31.3 Å². The highest BCUT2D eigenvalue weighted by Gasteiger charge is 2.31. The van der Waals surface area contributed by atoms with Gasteiger partial charge in [0.1, 0.15) is 0 Å². The highest BCUT2D eigenvalue weighted by atomic mass is 32.2. The van der Waals surface area contributed by atoms with Gasteiger partial charge in [0.2, 0.25) is 5.91 Å². The molecule has 1 aliphatic rings. The summed E-state index contributed by atoms with van der Waals surface area (Å²) < 4.78 is 0. The van der Waals surface area contributed by atoms with E-state index in [0.29, 0.717) is 19.4 Å². The first-order chi connectivity index (χ1) is 10.5. The van der Waals surface area contributed by atoms with Crippen LogP contribution < -0.4 is 11.1 Å². The van der Waals surface area contributed by atoms with Crippen LogP contribution >= 0.6 is 11.8 Å². The van der Waals surface area contributed by atoms with E-state index < -0.39 is 12.0 Å². The Morgan fingerprint density at radius 3 is 2.55 bits per heavy atom. The quantitative estimate of drug-likeness (QED) is 0.618. The molecule has 0 aromatic rings. The second-order valence-corrected chi connectivity index (χ2v) is 6.52. The van der Waals surface area contributed by atoms with Crippen molar-refractivity contribution in [3.05, 3.63) is 0 Å². The fraction of sp³-hybridized carbons (Fsp3) is 0.867. The van der Waals surface area contributed by atoms with Gasteiger partial charge in [-0.25, -0.2) is 0 Å². The molecule has 0 heterocycles. The van der Waals surface area contributed by atoms with Crippen molar-refractivity contribution in [1.82, 2.24) is 5.32 Å². The number of hydrogen-bond donors (Lipinski definition) is 3. The third-order valence-electron chi connectivity index (χ3n) is 3.73. The normalized spacial score (nSPS) is 22.1. The van der Waals surface area contributed by atoms with E-state index in [4.69, 9.17) is 18.7 Å². The van der Waals surface area contributed by atoms with Crippen LogP contribution in [0.4, 0.5) is 0 Å². The van der Waals surface area contributed by atoms with Gasteiger partial charge in [0.25, 0.3) is 0 Å². The Kier molecular flexibility index (Phi) is 12.4. The van der Waals surface area contributed by atoms with Crippen molar-refractivity contribution >= 4 is 31.5 Å².